The van der Waals surface area contributed by atoms with E-state index in [9.17, 15) is 14.4 Å². The van der Waals surface area contributed by atoms with Gasteiger partial charge in [-0.25, -0.2) is 0 Å². The molecule has 12 nitrogen and oxygen atoms in total. The standard InChI is InChI=1S/C18H30N6O6/c25-16(26)10-19-22-13-4-2-1-3-5-14(23-20-11-17(27)28)7-9-15(8-6-13)24-21-12-18(29)30/h13-15H,1-12H2,(H,25,26)(H,27,28)(H,29,30). The van der Waals surface area contributed by atoms with Crippen molar-refractivity contribution in [3.8, 4) is 0 Å². The van der Waals surface area contributed by atoms with Crippen molar-refractivity contribution in [2.45, 2.75) is 75.9 Å². The van der Waals surface area contributed by atoms with Gasteiger partial charge in [0.15, 0.2) is 19.6 Å². The number of nitrogens with zero attached hydrogens (tertiary/aromatic N) is 6. The first kappa shape index (κ1) is 25.2. The van der Waals surface area contributed by atoms with Gasteiger partial charge in [0.1, 0.15) is 0 Å². The lowest BCUT2D eigenvalue weighted by atomic mass is 9.94. The molecular weight excluding hydrogens is 396 g/mol. The molecule has 2 unspecified atom stereocenters. The van der Waals surface area contributed by atoms with E-state index in [1.807, 2.05) is 0 Å². The zero-order valence-electron chi connectivity index (χ0n) is 17.0. The minimum absolute atomic E-state index is 0.105. The third-order valence-electron chi connectivity index (χ3n) is 4.59. The predicted octanol–water partition coefficient (Wildman–Crippen LogP) is 3.23. The predicted molar refractivity (Wildman–Crippen MR) is 105 cm³/mol. The van der Waals surface area contributed by atoms with Crippen LogP contribution in [0.4, 0.5) is 0 Å². The second-order valence-electron chi connectivity index (χ2n) is 7.18. The first-order valence-electron chi connectivity index (χ1n) is 10.1. The molecule has 1 rings (SSSR count). The second kappa shape index (κ2) is 15.1. The Bertz CT molecular complexity index is 599. The minimum Gasteiger partial charge on any atom is -0.480 e. The highest BCUT2D eigenvalue weighted by molar-refractivity contribution is 5.69. The minimum atomic E-state index is -1.06. The summed E-state index contributed by atoms with van der Waals surface area (Å²) in [5, 5.41) is 49.9. The molecule has 1 aliphatic rings. The lowest BCUT2D eigenvalue weighted by Gasteiger charge is -2.19. The fraction of sp³-hybridized carbons (Fsp3) is 0.833. The molecule has 1 fully saturated rings. The summed E-state index contributed by atoms with van der Waals surface area (Å²) >= 11 is 0. The highest BCUT2D eigenvalue weighted by Gasteiger charge is 2.18. The Kier molecular flexibility index (Phi) is 12.7. The first-order chi connectivity index (χ1) is 14.4. The van der Waals surface area contributed by atoms with Gasteiger partial charge in [-0.15, -0.1) is 0 Å². The number of hydrogen-bond donors (Lipinski definition) is 3. The van der Waals surface area contributed by atoms with E-state index in [0.29, 0.717) is 25.7 Å². The average molecular weight is 426 g/mol. The van der Waals surface area contributed by atoms with Crippen LogP contribution in [0.15, 0.2) is 30.7 Å². The molecule has 12 heteroatoms. The topological polar surface area (TPSA) is 186 Å². The Balaban J connectivity index is 2.78. The molecule has 0 aromatic carbocycles. The van der Waals surface area contributed by atoms with Gasteiger partial charge in [0, 0.05) is 0 Å². The van der Waals surface area contributed by atoms with E-state index in [1.165, 1.54) is 0 Å². The zero-order valence-corrected chi connectivity index (χ0v) is 17.0. The van der Waals surface area contributed by atoms with E-state index in [0.717, 1.165) is 32.1 Å². The molecule has 1 saturated carbocycles. The van der Waals surface area contributed by atoms with Crippen molar-refractivity contribution in [2.75, 3.05) is 19.6 Å². The van der Waals surface area contributed by atoms with Gasteiger partial charge in [0.2, 0.25) is 0 Å². The van der Waals surface area contributed by atoms with Crippen LogP contribution in [0.1, 0.15) is 57.8 Å². The first-order valence-corrected chi connectivity index (χ1v) is 10.1. The van der Waals surface area contributed by atoms with Crippen molar-refractivity contribution in [2.24, 2.45) is 30.7 Å². The van der Waals surface area contributed by atoms with Gasteiger partial charge < -0.3 is 15.3 Å². The summed E-state index contributed by atoms with van der Waals surface area (Å²) in [6.45, 7) is -1.12. The van der Waals surface area contributed by atoms with Gasteiger partial charge in [-0.05, 0) is 38.5 Å². The molecule has 0 radical (unpaired) electrons. The van der Waals surface area contributed by atoms with Crippen molar-refractivity contribution >= 4 is 17.9 Å². The number of aliphatic carboxylic acids is 3. The van der Waals surface area contributed by atoms with E-state index in [-0.39, 0.29) is 31.2 Å². The van der Waals surface area contributed by atoms with E-state index >= 15 is 0 Å². The molecule has 168 valence electrons. The summed E-state index contributed by atoms with van der Waals surface area (Å²) < 4.78 is 0. The van der Waals surface area contributed by atoms with Crippen molar-refractivity contribution in [3.05, 3.63) is 0 Å². The van der Waals surface area contributed by atoms with E-state index < -0.39 is 24.5 Å². The number of carboxylic acids is 3. The molecule has 0 spiro atoms. The van der Waals surface area contributed by atoms with Crippen LogP contribution in [-0.2, 0) is 14.4 Å². The molecule has 0 aromatic heterocycles. The normalized spacial score (nSPS) is 24.6. The highest BCUT2D eigenvalue weighted by atomic mass is 16.4. The summed E-state index contributed by atoms with van der Waals surface area (Å²) in [6.07, 6.45) is 6.81. The molecule has 0 amide bonds. The Morgan fingerprint density at radius 3 is 1.13 bits per heavy atom. The summed E-state index contributed by atoms with van der Waals surface area (Å²) in [4.78, 5) is 32.0. The van der Waals surface area contributed by atoms with Crippen LogP contribution in [0.3, 0.4) is 0 Å². The van der Waals surface area contributed by atoms with E-state index in [4.69, 9.17) is 15.3 Å². The van der Waals surface area contributed by atoms with Crippen molar-refractivity contribution in [1.82, 2.24) is 0 Å². The Morgan fingerprint density at radius 1 is 0.533 bits per heavy atom. The molecule has 3 N–H and O–H groups in total. The molecule has 0 bridgehead atoms. The van der Waals surface area contributed by atoms with Crippen LogP contribution in [0, 0.1) is 0 Å². The van der Waals surface area contributed by atoms with Gasteiger partial charge in [-0.3, -0.25) is 14.4 Å². The SMILES string of the molecule is O=C(O)CN=NC1CCCCCC(N=NCC(=O)O)CCC(N=NCC(=O)O)CC1. The number of carbonyl (C=O) groups is 3. The third-order valence-corrected chi connectivity index (χ3v) is 4.59. The van der Waals surface area contributed by atoms with Gasteiger partial charge in [0.05, 0.1) is 18.1 Å². The Hall–Kier alpha value is -2.79. The molecular formula is C18H30N6O6. The quantitative estimate of drug-likeness (QED) is 0.475. The van der Waals surface area contributed by atoms with Crippen molar-refractivity contribution in [1.29, 1.82) is 0 Å². The van der Waals surface area contributed by atoms with Crippen LogP contribution in [0.5, 0.6) is 0 Å². The lowest BCUT2D eigenvalue weighted by Crippen LogP contribution is -2.16. The second-order valence-corrected chi connectivity index (χ2v) is 7.18. The molecule has 0 aromatic rings. The third kappa shape index (κ3) is 13.4. The van der Waals surface area contributed by atoms with Gasteiger partial charge in [0.25, 0.3) is 0 Å². The van der Waals surface area contributed by atoms with Gasteiger partial charge in [-0.2, -0.15) is 30.7 Å². The maximum atomic E-state index is 10.7. The summed E-state index contributed by atoms with van der Waals surface area (Å²) in [6, 6.07) is -0.433. The van der Waals surface area contributed by atoms with Crippen LogP contribution in [-0.4, -0.2) is 71.0 Å². The summed E-state index contributed by atoms with van der Waals surface area (Å²) in [5.41, 5.74) is 0. The van der Waals surface area contributed by atoms with E-state index in [2.05, 4.69) is 30.7 Å². The highest BCUT2D eigenvalue weighted by Crippen LogP contribution is 2.23. The largest absolute Gasteiger partial charge is 0.480 e. The van der Waals surface area contributed by atoms with Crippen LogP contribution < -0.4 is 0 Å². The average Bonchev–Trinajstić information content (AvgIpc) is 2.65. The monoisotopic (exact) mass is 426 g/mol. The molecule has 0 aliphatic heterocycles. The number of azo groups is 3. The van der Waals surface area contributed by atoms with Crippen LogP contribution >= 0.6 is 0 Å². The fourth-order valence-electron chi connectivity index (χ4n) is 3.14. The number of carboxylic acid groups (broad SMARTS) is 3. The molecule has 1 aliphatic carbocycles. The van der Waals surface area contributed by atoms with Crippen molar-refractivity contribution < 1.29 is 29.7 Å². The summed E-state index contributed by atoms with van der Waals surface area (Å²) in [5.74, 6) is -3.13. The lowest BCUT2D eigenvalue weighted by molar-refractivity contribution is -0.136. The molecule has 30 heavy (non-hydrogen) atoms. The van der Waals surface area contributed by atoms with E-state index in [1.54, 1.807) is 0 Å². The maximum Gasteiger partial charge on any atom is 0.327 e. The van der Waals surface area contributed by atoms with Crippen LogP contribution in [0.25, 0.3) is 0 Å². The van der Waals surface area contributed by atoms with Gasteiger partial charge >= 0.3 is 17.9 Å². The number of rotatable bonds is 9. The smallest absolute Gasteiger partial charge is 0.327 e. The van der Waals surface area contributed by atoms with Crippen LogP contribution in [0.2, 0.25) is 0 Å². The Morgan fingerprint density at radius 2 is 0.833 bits per heavy atom. The molecule has 0 heterocycles. The Labute approximate surface area is 174 Å². The van der Waals surface area contributed by atoms with Gasteiger partial charge in [-0.1, -0.05) is 19.3 Å². The maximum absolute atomic E-state index is 10.7. The molecule has 2 atom stereocenters. The zero-order chi connectivity index (χ0) is 22.2. The molecule has 0 saturated heterocycles. The number of hydrogen-bond acceptors (Lipinski definition) is 9. The fourth-order valence-corrected chi connectivity index (χ4v) is 3.14. The van der Waals surface area contributed by atoms with Crippen molar-refractivity contribution in [3.63, 3.8) is 0 Å². The summed E-state index contributed by atoms with van der Waals surface area (Å²) in [7, 11) is 0.